The second-order valence-corrected chi connectivity index (χ2v) is 4.54. The minimum atomic E-state index is 0.607. The van der Waals surface area contributed by atoms with Crippen molar-refractivity contribution in [2.75, 3.05) is 24.3 Å². The van der Waals surface area contributed by atoms with Gasteiger partial charge >= 0.3 is 0 Å². The highest BCUT2D eigenvalue weighted by Gasteiger charge is 2.04. The van der Waals surface area contributed by atoms with Gasteiger partial charge in [0.25, 0.3) is 0 Å². The Balaban J connectivity index is 1.97. The molecule has 4 heteroatoms. The summed E-state index contributed by atoms with van der Waals surface area (Å²) < 4.78 is 5.52. The number of hydrogen-bond donors (Lipinski definition) is 1. The van der Waals surface area contributed by atoms with Gasteiger partial charge in [-0.3, -0.25) is 0 Å². The van der Waals surface area contributed by atoms with Crippen molar-refractivity contribution >= 4 is 11.4 Å². The van der Waals surface area contributed by atoms with Crippen molar-refractivity contribution < 1.29 is 4.42 Å². The van der Waals surface area contributed by atoms with Crippen LogP contribution in [0.4, 0.5) is 11.4 Å². The Labute approximate surface area is 108 Å². The predicted octanol–water partition coefficient (Wildman–Crippen LogP) is 2.97. The Morgan fingerprint density at radius 3 is 2.33 bits per heavy atom. The maximum absolute atomic E-state index is 5.52. The van der Waals surface area contributed by atoms with E-state index in [9.17, 15) is 0 Å². The number of hydrogen-bond acceptors (Lipinski definition) is 4. The normalized spacial score (nSPS) is 10.4. The molecule has 0 aliphatic heterocycles. The van der Waals surface area contributed by atoms with Gasteiger partial charge < -0.3 is 14.6 Å². The smallest absolute Gasteiger partial charge is 0.213 e. The van der Waals surface area contributed by atoms with E-state index in [0.29, 0.717) is 6.54 Å². The van der Waals surface area contributed by atoms with E-state index in [2.05, 4.69) is 39.5 Å². The van der Waals surface area contributed by atoms with Crippen molar-refractivity contribution in [3.63, 3.8) is 0 Å². The summed E-state index contributed by atoms with van der Waals surface area (Å²) in [5, 5.41) is 3.29. The maximum atomic E-state index is 5.52. The van der Waals surface area contributed by atoms with Gasteiger partial charge in [0.15, 0.2) is 0 Å². The average molecular weight is 245 g/mol. The fraction of sp³-hybridized carbons (Fsp3) is 0.357. The molecule has 18 heavy (non-hydrogen) atoms. The molecule has 0 bridgehead atoms. The second-order valence-electron chi connectivity index (χ2n) is 4.54. The predicted molar refractivity (Wildman–Crippen MR) is 74.1 cm³/mol. The lowest BCUT2D eigenvalue weighted by Crippen LogP contribution is -2.08. The van der Waals surface area contributed by atoms with Gasteiger partial charge in [0, 0.05) is 25.5 Å². The molecule has 0 atom stereocenters. The fourth-order valence-electron chi connectivity index (χ4n) is 1.67. The molecule has 0 radical (unpaired) electrons. The number of anilines is 2. The van der Waals surface area contributed by atoms with Crippen molar-refractivity contribution in [1.29, 1.82) is 0 Å². The molecule has 4 nitrogen and oxygen atoms in total. The van der Waals surface area contributed by atoms with Gasteiger partial charge in [0.1, 0.15) is 5.76 Å². The second kappa shape index (κ2) is 5.12. The monoisotopic (exact) mass is 245 g/mol. The highest BCUT2D eigenvalue weighted by molar-refractivity contribution is 5.54. The summed E-state index contributed by atoms with van der Waals surface area (Å²) in [5.74, 6) is 1.61. The van der Waals surface area contributed by atoms with Crippen LogP contribution in [0.15, 0.2) is 28.7 Å². The number of aryl methyl sites for hydroxylation is 2. The van der Waals surface area contributed by atoms with Crippen LogP contribution >= 0.6 is 0 Å². The molecule has 1 N–H and O–H groups in total. The average Bonchev–Trinajstić information content (AvgIpc) is 2.67. The van der Waals surface area contributed by atoms with Crippen LogP contribution in [0.1, 0.15) is 17.3 Å². The molecule has 2 aromatic rings. The van der Waals surface area contributed by atoms with E-state index in [1.54, 1.807) is 0 Å². The standard InChI is InChI=1S/C14H19N3O/c1-10-11(2)18-14(16-10)9-15-12-5-7-13(8-6-12)17(3)4/h5-8,15H,9H2,1-4H3. The molecule has 0 amide bonds. The molecule has 0 aliphatic rings. The van der Waals surface area contributed by atoms with Gasteiger partial charge in [-0.1, -0.05) is 0 Å². The zero-order valence-electron chi connectivity index (χ0n) is 11.3. The summed E-state index contributed by atoms with van der Waals surface area (Å²) in [6, 6.07) is 8.26. The van der Waals surface area contributed by atoms with Crippen LogP contribution < -0.4 is 10.2 Å². The van der Waals surface area contributed by atoms with Crippen LogP contribution in [0.25, 0.3) is 0 Å². The molecule has 0 spiro atoms. The van der Waals surface area contributed by atoms with E-state index in [0.717, 1.165) is 23.0 Å². The van der Waals surface area contributed by atoms with Crippen LogP contribution in [0, 0.1) is 13.8 Å². The molecular weight excluding hydrogens is 226 g/mol. The van der Waals surface area contributed by atoms with Gasteiger partial charge in [0.05, 0.1) is 12.2 Å². The molecular formula is C14H19N3O. The van der Waals surface area contributed by atoms with Gasteiger partial charge in [-0.25, -0.2) is 4.98 Å². The van der Waals surface area contributed by atoms with Crippen molar-refractivity contribution in [1.82, 2.24) is 4.98 Å². The molecule has 2 rings (SSSR count). The lowest BCUT2D eigenvalue weighted by molar-refractivity contribution is 0.478. The lowest BCUT2D eigenvalue weighted by Gasteiger charge is -2.12. The quantitative estimate of drug-likeness (QED) is 0.899. The largest absolute Gasteiger partial charge is 0.444 e. The first-order valence-corrected chi connectivity index (χ1v) is 6.00. The highest BCUT2D eigenvalue weighted by atomic mass is 16.4. The number of benzene rings is 1. The maximum Gasteiger partial charge on any atom is 0.213 e. The van der Waals surface area contributed by atoms with Gasteiger partial charge in [-0.05, 0) is 38.1 Å². The van der Waals surface area contributed by atoms with Crippen LogP contribution in [-0.4, -0.2) is 19.1 Å². The zero-order chi connectivity index (χ0) is 13.1. The third kappa shape index (κ3) is 2.83. The van der Waals surface area contributed by atoms with Crippen LogP contribution in [0.3, 0.4) is 0 Å². The fourth-order valence-corrected chi connectivity index (χ4v) is 1.67. The first-order chi connectivity index (χ1) is 8.56. The Kier molecular flexibility index (Phi) is 3.55. The number of nitrogens with zero attached hydrogens (tertiary/aromatic N) is 2. The Morgan fingerprint density at radius 1 is 1.17 bits per heavy atom. The van der Waals surface area contributed by atoms with E-state index in [4.69, 9.17) is 4.42 Å². The Hall–Kier alpha value is -1.97. The third-order valence-electron chi connectivity index (χ3n) is 2.90. The topological polar surface area (TPSA) is 41.3 Å². The van der Waals surface area contributed by atoms with Crippen molar-refractivity contribution in [3.05, 3.63) is 41.6 Å². The third-order valence-corrected chi connectivity index (χ3v) is 2.90. The van der Waals surface area contributed by atoms with Crippen molar-refractivity contribution in [2.24, 2.45) is 0 Å². The summed E-state index contributed by atoms with van der Waals surface area (Å²) in [6.07, 6.45) is 0. The number of rotatable bonds is 4. The van der Waals surface area contributed by atoms with E-state index < -0.39 is 0 Å². The number of nitrogens with one attached hydrogen (secondary N) is 1. The molecule has 1 aromatic heterocycles. The van der Waals surface area contributed by atoms with E-state index in [-0.39, 0.29) is 0 Å². The first kappa shape index (κ1) is 12.5. The molecule has 96 valence electrons. The van der Waals surface area contributed by atoms with Crippen LogP contribution in [0.5, 0.6) is 0 Å². The lowest BCUT2D eigenvalue weighted by atomic mass is 10.2. The van der Waals surface area contributed by atoms with E-state index >= 15 is 0 Å². The van der Waals surface area contributed by atoms with Crippen LogP contribution in [0.2, 0.25) is 0 Å². The molecule has 0 saturated carbocycles. The minimum absolute atomic E-state index is 0.607. The SMILES string of the molecule is Cc1nc(CNc2ccc(N(C)C)cc2)oc1C. The highest BCUT2D eigenvalue weighted by Crippen LogP contribution is 2.16. The minimum Gasteiger partial charge on any atom is -0.444 e. The zero-order valence-corrected chi connectivity index (χ0v) is 11.3. The summed E-state index contributed by atoms with van der Waals surface area (Å²) in [6.45, 7) is 4.49. The molecule has 0 saturated heterocycles. The van der Waals surface area contributed by atoms with Gasteiger partial charge in [0.2, 0.25) is 5.89 Å². The number of oxazole rings is 1. The van der Waals surface area contributed by atoms with Crippen molar-refractivity contribution in [3.8, 4) is 0 Å². The van der Waals surface area contributed by atoms with Gasteiger partial charge in [-0.15, -0.1) is 0 Å². The summed E-state index contributed by atoms with van der Waals surface area (Å²) in [4.78, 5) is 6.41. The molecule has 0 unspecified atom stereocenters. The first-order valence-electron chi connectivity index (χ1n) is 6.00. The molecule has 0 aliphatic carbocycles. The molecule has 0 fully saturated rings. The van der Waals surface area contributed by atoms with Crippen LogP contribution in [-0.2, 0) is 6.54 Å². The van der Waals surface area contributed by atoms with Gasteiger partial charge in [-0.2, -0.15) is 0 Å². The summed E-state index contributed by atoms with van der Waals surface area (Å²) in [5.41, 5.74) is 3.20. The number of aromatic nitrogens is 1. The Morgan fingerprint density at radius 2 is 1.83 bits per heavy atom. The van der Waals surface area contributed by atoms with E-state index in [1.165, 1.54) is 5.69 Å². The summed E-state index contributed by atoms with van der Waals surface area (Å²) in [7, 11) is 4.06. The summed E-state index contributed by atoms with van der Waals surface area (Å²) >= 11 is 0. The Bertz CT molecular complexity index is 495. The van der Waals surface area contributed by atoms with Crippen molar-refractivity contribution in [2.45, 2.75) is 20.4 Å². The molecule has 1 aromatic carbocycles. The van der Waals surface area contributed by atoms with E-state index in [1.807, 2.05) is 27.9 Å². The molecule has 1 heterocycles.